The maximum atomic E-state index is 14.0. The first-order chi connectivity index (χ1) is 31.7. The molecule has 0 aliphatic rings. The van der Waals surface area contributed by atoms with Gasteiger partial charge in [0.25, 0.3) is 17.7 Å². The minimum absolute atomic E-state index is 0. The maximum absolute atomic E-state index is 14.0. The van der Waals surface area contributed by atoms with Gasteiger partial charge in [0.2, 0.25) is 0 Å². The van der Waals surface area contributed by atoms with E-state index in [1.807, 2.05) is 0 Å². The average molecular weight is 1200 g/mol. The molecule has 0 radical (unpaired) electrons. The molecule has 0 spiro atoms. The predicted octanol–water partition coefficient (Wildman–Crippen LogP) is -15.6. The van der Waals surface area contributed by atoms with Gasteiger partial charge in [-0.15, -0.1) is 0 Å². The average Bonchev–Trinajstić information content (AvgIpc) is 3.22. The Morgan fingerprint density at radius 1 is 0.280 bits per heavy atom. The van der Waals surface area contributed by atoms with Gasteiger partial charge in [0.15, 0.2) is 0 Å². The Morgan fingerprint density at radius 2 is 0.480 bits per heavy atom. The number of anilines is 3. The molecule has 75 heavy (non-hydrogen) atoms. The standard InChI is InChI=1S/C39H27N3O21S6.6Na/c43-37(40-22-13-28-25(34(16-22)67(55,56)57)4-1-7-31(28)64(46,47)48)19-10-20(38(44)41-23-14-29-26(35(17-23)68(58,59)60)5-2-8-32(29)65(49,50)51)12-21(11-19)39(45)42-24-15-30-27(36(18-24)69(61,62)63)6-3-9-33(30)66(52,53)54;;;;;;/h1-18H,(H,40,43)(H,41,44)(H,42,45)(H,46,47,48)(H,49,50,51)(H,52,53,54)(H,55,56,57)(H,58,59,60)(H,61,62,63);;;;;;/q;6*+1/p-6. The van der Waals surface area contributed by atoms with E-state index in [1.165, 1.54) is 0 Å². The molecule has 0 aromatic heterocycles. The molecule has 3 amide bonds. The molecule has 7 rings (SSSR count). The number of carbonyl (C=O) groups excluding carboxylic acids is 3. The van der Waals surface area contributed by atoms with Gasteiger partial charge in [-0.2, -0.15) is 0 Å². The van der Waals surface area contributed by atoms with Crippen molar-refractivity contribution in [1.82, 2.24) is 0 Å². The number of hydrogen-bond donors (Lipinski definition) is 3. The number of fused-ring (bicyclic) bond motifs is 3. The zero-order valence-corrected chi connectivity index (χ0v) is 56.3. The van der Waals surface area contributed by atoms with Crippen LogP contribution in [0, 0.1) is 0 Å². The van der Waals surface area contributed by atoms with E-state index in [-0.39, 0.29) is 177 Å². The van der Waals surface area contributed by atoms with Gasteiger partial charge in [0.1, 0.15) is 60.7 Å². The van der Waals surface area contributed by atoms with Crippen LogP contribution in [-0.4, -0.2) is 95.5 Å². The third-order valence-electron chi connectivity index (χ3n) is 9.86. The number of benzene rings is 7. The SMILES string of the molecule is O=C(Nc1cc(S(=O)(=O)[O-])c2cccc(S(=O)(=O)[O-])c2c1)c1cc(C(=O)Nc2cc(S(=O)(=O)[O-])c3cccc(S(=O)(=O)[O-])c3c2)cc(C(=O)Nc2cc(S(=O)(=O)[O-])c3cccc(S(=O)(=O)[O-])c3c2)c1.[Na+].[Na+].[Na+].[Na+].[Na+].[Na+]. The summed E-state index contributed by atoms with van der Waals surface area (Å²) in [4.78, 5) is 35.4. The molecule has 0 aliphatic carbocycles. The number of rotatable bonds is 12. The zero-order valence-electron chi connectivity index (χ0n) is 39.4. The first-order valence-electron chi connectivity index (χ1n) is 18.3. The minimum Gasteiger partial charge on any atom is -0.744 e. The van der Waals surface area contributed by atoms with Crippen LogP contribution in [0.1, 0.15) is 31.1 Å². The Kier molecular flexibility index (Phi) is 25.8. The molecule has 0 saturated carbocycles. The summed E-state index contributed by atoms with van der Waals surface area (Å²) >= 11 is 0. The van der Waals surface area contributed by atoms with Crippen LogP contribution in [0.25, 0.3) is 32.3 Å². The van der Waals surface area contributed by atoms with Gasteiger partial charge < -0.3 is 43.3 Å². The number of hydrogen-bond acceptors (Lipinski definition) is 21. The number of amides is 3. The molecule has 36 heteroatoms. The second kappa shape index (κ2) is 26.8. The zero-order chi connectivity index (χ0) is 51.0. The third kappa shape index (κ3) is 16.7. The normalized spacial score (nSPS) is 11.8. The van der Waals surface area contributed by atoms with Crippen molar-refractivity contribution in [2.24, 2.45) is 0 Å². The van der Waals surface area contributed by atoms with E-state index in [9.17, 15) is 92.2 Å². The largest absolute Gasteiger partial charge is 1.00 e. The molecular weight excluding hydrogens is 1180 g/mol. The van der Waals surface area contributed by atoms with Crippen LogP contribution in [0.2, 0.25) is 0 Å². The summed E-state index contributed by atoms with van der Waals surface area (Å²) in [7, 11) is -32.6. The maximum Gasteiger partial charge on any atom is 1.00 e. The Balaban J connectivity index is 0.00000469. The summed E-state index contributed by atoms with van der Waals surface area (Å²) in [6.45, 7) is 0. The van der Waals surface area contributed by atoms with Crippen molar-refractivity contribution in [1.29, 1.82) is 0 Å². The topological polar surface area (TPSA) is 430 Å². The minimum atomic E-state index is -5.50. The summed E-state index contributed by atoms with van der Waals surface area (Å²) in [6, 6.07) is 14.3. The van der Waals surface area contributed by atoms with Gasteiger partial charge in [-0.3, -0.25) is 14.4 Å². The van der Waals surface area contributed by atoms with Crippen LogP contribution in [-0.2, 0) is 60.7 Å². The third-order valence-corrected chi connectivity index (χ3v) is 15.2. The van der Waals surface area contributed by atoms with E-state index in [0.717, 1.165) is 72.8 Å². The second-order valence-electron chi connectivity index (χ2n) is 14.4. The smallest absolute Gasteiger partial charge is 0.744 e. The molecule has 7 aromatic carbocycles. The fraction of sp³-hybridized carbons (Fsp3) is 0. The van der Waals surface area contributed by atoms with Crippen molar-refractivity contribution >= 4 is 128 Å². The Hall–Kier alpha value is -0.810. The predicted molar refractivity (Wildman–Crippen MR) is 230 cm³/mol. The molecule has 0 aliphatic heterocycles. The van der Waals surface area contributed by atoms with Crippen LogP contribution in [0.5, 0.6) is 0 Å². The van der Waals surface area contributed by atoms with Crippen molar-refractivity contribution in [3.05, 3.63) is 126 Å². The van der Waals surface area contributed by atoms with E-state index < -0.39 is 174 Å². The van der Waals surface area contributed by atoms with Crippen molar-refractivity contribution in [3.8, 4) is 0 Å². The quantitative estimate of drug-likeness (QED) is 0.0755. The fourth-order valence-corrected chi connectivity index (χ4v) is 11.3. The summed E-state index contributed by atoms with van der Waals surface area (Å²) in [5, 5.41) is 2.74. The van der Waals surface area contributed by atoms with Gasteiger partial charge in [0, 0.05) is 66.1 Å². The van der Waals surface area contributed by atoms with Crippen molar-refractivity contribution < 1.29 is 270 Å². The summed E-state index contributed by atoms with van der Waals surface area (Å²) in [5.74, 6) is -4.20. The van der Waals surface area contributed by atoms with E-state index in [1.54, 1.807) is 0 Å². The molecule has 3 N–H and O–H groups in total. The monoisotopic (exact) mass is 1200 g/mol. The van der Waals surface area contributed by atoms with Gasteiger partial charge >= 0.3 is 177 Å². The summed E-state index contributed by atoms with van der Waals surface area (Å²) in [6.07, 6.45) is 0. The molecular formula is C39H21N3Na6O21S6. The van der Waals surface area contributed by atoms with Crippen LogP contribution in [0.15, 0.2) is 139 Å². The van der Waals surface area contributed by atoms with Crippen LogP contribution in [0.3, 0.4) is 0 Å². The van der Waals surface area contributed by atoms with Crippen molar-refractivity contribution in [3.63, 3.8) is 0 Å². The van der Waals surface area contributed by atoms with Gasteiger partial charge in [-0.25, -0.2) is 50.5 Å². The first-order valence-corrected chi connectivity index (χ1v) is 26.7. The van der Waals surface area contributed by atoms with Gasteiger partial charge in [-0.05, 0) is 72.8 Å². The Labute approximate surface area is 559 Å². The molecule has 0 saturated heterocycles. The molecule has 0 heterocycles. The molecule has 0 unspecified atom stereocenters. The van der Waals surface area contributed by atoms with E-state index in [4.69, 9.17) is 0 Å². The van der Waals surface area contributed by atoms with Crippen LogP contribution < -0.4 is 193 Å². The van der Waals surface area contributed by atoms with E-state index >= 15 is 0 Å². The van der Waals surface area contributed by atoms with Gasteiger partial charge in [0.05, 0.1) is 29.4 Å². The van der Waals surface area contributed by atoms with E-state index in [2.05, 4.69) is 16.0 Å². The first kappa shape index (κ1) is 72.2. The molecule has 7 aromatic rings. The fourth-order valence-electron chi connectivity index (χ4n) is 7.09. The molecule has 24 nitrogen and oxygen atoms in total. The summed E-state index contributed by atoms with van der Waals surface area (Å²) in [5.41, 5.74) is -4.28. The van der Waals surface area contributed by atoms with Crippen molar-refractivity contribution in [2.45, 2.75) is 29.4 Å². The Bertz CT molecular complexity index is 3750. The van der Waals surface area contributed by atoms with Gasteiger partial charge in [-0.1, -0.05) is 36.4 Å². The van der Waals surface area contributed by atoms with Crippen LogP contribution in [0.4, 0.5) is 17.1 Å². The number of carbonyl (C=O) groups is 3. The molecule has 0 atom stereocenters. The summed E-state index contributed by atoms with van der Waals surface area (Å²) < 4.78 is 220. The number of nitrogens with one attached hydrogen (secondary N) is 3. The molecule has 0 bridgehead atoms. The molecule has 0 fully saturated rings. The Morgan fingerprint density at radius 3 is 0.667 bits per heavy atom. The van der Waals surface area contributed by atoms with Crippen LogP contribution >= 0.6 is 0 Å². The second-order valence-corrected chi connectivity index (χ2v) is 22.5. The van der Waals surface area contributed by atoms with E-state index in [0.29, 0.717) is 36.4 Å². The van der Waals surface area contributed by atoms with Crippen molar-refractivity contribution in [2.75, 3.05) is 16.0 Å². The molecule has 360 valence electrons.